The lowest BCUT2D eigenvalue weighted by atomic mass is 10.1. The van der Waals surface area contributed by atoms with Crippen LogP contribution in [0.4, 0.5) is 0 Å². The third kappa shape index (κ3) is 2.20. The molecule has 80 valence electrons. The van der Waals surface area contributed by atoms with Crippen molar-refractivity contribution in [3.05, 3.63) is 0 Å². The number of amides is 1. The average molecular weight is 217 g/mol. The van der Waals surface area contributed by atoms with Crippen molar-refractivity contribution >= 4 is 24.5 Å². The van der Waals surface area contributed by atoms with E-state index in [0.717, 1.165) is 6.42 Å². The Morgan fingerprint density at radius 2 is 2.07 bits per heavy atom. The van der Waals surface area contributed by atoms with E-state index in [-0.39, 0.29) is 5.91 Å². The number of hydrogen-bond donors (Lipinski definition) is 2. The SMILES string of the molecule is CC(C)(S)C(=O)N1CCCC1C(=O)O. The Morgan fingerprint density at radius 3 is 2.50 bits per heavy atom. The molecule has 1 atom stereocenters. The molecule has 1 amide bonds. The van der Waals surface area contributed by atoms with Gasteiger partial charge in [0.05, 0.1) is 4.75 Å². The highest BCUT2D eigenvalue weighted by atomic mass is 32.1. The van der Waals surface area contributed by atoms with Crippen LogP contribution in [0.1, 0.15) is 26.7 Å². The zero-order valence-corrected chi connectivity index (χ0v) is 9.25. The smallest absolute Gasteiger partial charge is 0.326 e. The highest BCUT2D eigenvalue weighted by Crippen LogP contribution is 2.24. The third-order valence-electron chi connectivity index (χ3n) is 2.32. The van der Waals surface area contributed by atoms with Crippen molar-refractivity contribution in [3.63, 3.8) is 0 Å². The lowest BCUT2D eigenvalue weighted by molar-refractivity contribution is -0.148. The maximum absolute atomic E-state index is 11.8. The Balaban J connectivity index is 2.77. The summed E-state index contributed by atoms with van der Waals surface area (Å²) in [7, 11) is 0. The van der Waals surface area contributed by atoms with Crippen LogP contribution in [0.25, 0.3) is 0 Å². The molecule has 1 heterocycles. The van der Waals surface area contributed by atoms with Crippen LogP contribution in [0.5, 0.6) is 0 Å². The lowest BCUT2D eigenvalue weighted by Gasteiger charge is -2.28. The van der Waals surface area contributed by atoms with E-state index in [0.29, 0.717) is 13.0 Å². The van der Waals surface area contributed by atoms with Crippen molar-refractivity contribution in [2.24, 2.45) is 0 Å². The average Bonchev–Trinajstić information content (AvgIpc) is 2.48. The predicted molar refractivity (Wildman–Crippen MR) is 55.4 cm³/mol. The minimum atomic E-state index is -0.923. The van der Waals surface area contributed by atoms with Crippen LogP contribution in [-0.2, 0) is 9.59 Å². The van der Waals surface area contributed by atoms with Gasteiger partial charge in [0.1, 0.15) is 6.04 Å². The molecule has 1 unspecified atom stereocenters. The van der Waals surface area contributed by atoms with E-state index in [9.17, 15) is 9.59 Å². The minimum absolute atomic E-state index is 0.203. The minimum Gasteiger partial charge on any atom is -0.480 e. The molecule has 0 aromatic carbocycles. The Bertz CT molecular complexity index is 259. The molecule has 0 bridgehead atoms. The quantitative estimate of drug-likeness (QED) is 0.672. The van der Waals surface area contributed by atoms with Gasteiger partial charge in [0.2, 0.25) is 5.91 Å². The molecule has 1 aliphatic heterocycles. The molecule has 0 radical (unpaired) electrons. The van der Waals surface area contributed by atoms with Gasteiger partial charge in [0.25, 0.3) is 0 Å². The first kappa shape index (κ1) is 11.4. The summed E-state index contributed by atoms with van der Waals surface area (Å²) >= 11 is 4.15. The van der Waals surface area contributed by atoms with Gasteiger partial charge in [0, 0.05) is 6.54 Å². The topological polar surface area (TPSA) is 57.6 Å². The van der Waals surface area contributed by atoms with Crippen molar-refractivity contribution in [2.75, 3.05) is 6.54 Å². The third-order valence-corrected chi connectivity index (χ3v) is 2.51. The highest BCUT2D eigenvalue weighted by Gasteiger charge is 2.38. The van der Waals surface area contributed by atoms with E-state index in [4.69, 9.17) is 5.11 Å². The number of carboxylic acid groups (broad SMARTS) is 1. The van der Waals surface area contributed by atoms with E-state index in [1.165, 1.54) is 4.90 Å². The standard InChI is InChI=1S/C9H15NO3S/c1-9(2,14)8(13)10-5-3-4-6(10)7(11)12/h6,14H,3-5H2,1-2H3,(H,11,12). The summed E-state index contributed by atoms with van der Waals surface area (Å²) in [5.41, 5.74) is 0. The van der Waals surface area contributed by atoms with Crippen LogP contribution in [0.2, 0.25) is 0 Å². The first-order chi connectivity index (χ1) is 6.34. The molecule has 4 nitrogen and oxygen atoms in total. The largest absolute Gasteiger partial charge is 0.480 e. The Labute approximate surface area is 88.7 Å². The van der Waals surface area contributed by atoms with Crippen LogP contribution in [0.3, 0.4) is 0 Å². The summed E-state index contributed by atoms with van der Waals surface area (Å²) in [6, 6.07) is -0.658. The molecule has 0 spiro atoms. The van der Waals surface area contributed by atoms with E-state index >= 15 is 0 Å². The van der Waals surface area contributed by atoms with Crippen LogP contribution < -0.4 is 0 Å². The molecule has 1 rings (SSSR count). The number of rotatable bonds is 2. The number of carboxylic acids is 1. The van der Waals surface area contributed by atoms with Crippen molar-refractivity contribution < 1.29 is 14.7 Å². The normalized spacial score (nSPS) is 22.5. The second kappa shape index (κ2) is 3.81. The summed E-state index contributed by atoms with van der Waals surface area (Å²) in [5.74, 6) is -1.13. The summed E-state index contributed by atoms with van der Waals surface area (Å²) in [6.45, 7) is 3.88. The molecule has 1 N–H and O–H groups in total. The fraction of sp³-hybridized carbons (Fsp3) is 0.778. The van der Waals surface area contributed by atoms with Gasteiger partial charge in [-0.2, -0.15) is 12.6 Å². The summed E-state index contributed by atoms with van der Waals surface area (Å²) in [6.07, 6.45) is 1.30. The molecule has 1 saturated heterocycles. The molecule has 0 aromatic heterocycles. The van der Waals surface area contributed by atoms with E-state index in [2.05, 4.69) is 12.6 Å². The second-order valence-electron chi connectivity index (χ2n) is 4.05. The zero-order valence-electron chi connectivity index (χ0n) is 8.36. The summed E-state index contributed by atoms with van der Waals surface area (Å²) in [4.78, 5) is 24.0. The van der Waals surface area contributed by atoms with Crippen molar-refractivity contribution in [1.82, 2.24) is 4.90 Å². The molecule has 14 heavy (non-hydrogen) atoms. The van der Waals surface area contributed by atoms with Crippen molar-refractivity contribution in [2.45, 2.75) is 37.5 Å². The molecular formula is C9H15NO3S. The van der Waals surface area contributed by atoms with Gasteiger partial charge >= 0.3 is 5.97 Å². The number of hydrogen-bond acceptors (Lipinski definition) is 3. The molecule has 5 heteroatoms. The fourth-order valence-corrected chi connectivity index (χ4v) is 1.75. The monoisotopic (exact) mass is 217 g/mol. The molecule has 1 fully saturated rings. The summed E-state index contributed by atoms with van der Waals surface area (Å²) < 4.78 is -0.794. The van der Waals surface area contributed by atoms with E-state index in [1.807, 2.05) is 0 Å². The van der Waals surface area contributed by atoms with Crippen molar-refractivity contribution in [3.8, 4) is 0 Å². The number of aliphatic carboxylic acids is 1. The van der Waals surface area contributed by atoms with Crippen LogP contribution in [-0.4, -0.2) is 39.2 Å². The molecule has 0 aliphatic carbocycles. The van der Waals surface area contributed by atoms with Gasteiger partial charge in [-0.15, -0.1) is 0 Å². The Hall–Kier alpha value is -0.710. The van der Waals surface area contributed by atoms with Gasteiger partial charge in [0.15, 0.2) is 0 Å². The first-order valence-electron chi connectivity index (χ1n) is 4.60. The number of carbonyl (C=O) groups is 2. The number of thiol groups is 1. The molecule has 0 aromatic rings. The van der Waals surface area contributed by atoms with Gasteiger partial charge in [-0.05, 0) is 26.7 Å². The maximum Gasteiger partial charge on any atom is 0.326 e. The number of likely N-dealkylation sites (tertiary alicyclic amines) is 1. The lowest BCUT2D eigenvalue weighted by Crippen LogP contribution is -2.47. The molecular weight excluding hydrogens is 202 g/mol. The van der Waals surface area contributed by atoms with Crippen LogP contribution in [0.15, 0.2) is 0 Å². The fourth-order valence-electron chi connectivity index (χ4n) is 1.62. The van der Waals surface area contributed by atoms with Gasteiger partial charge < -0.3 is 10.0 Å². The van der Waals surface area contributed by atoms with Gasteiger partial charge in [-0.25, -0.2) is 4.79 Å². The van der Waals surface area contributed by atoms with Gasteiger partial charge in [-0.1, -0.05) is 0 Å². The maximum atomic E-state index is 11.8. The Morgan fingerprint density at radius 1 is 1.50 bits per heavy atom. The molecule has 0 saturated carbocycles. The van der Waals surface area contributed by atoms with Gasteiger partial charge in [-0.3, -0.25) is 4.79 Å². The zero-order chi connectivity index (χ0) is 10.9. The number of nitrogens with zero attached hydrogens (tertiary/aromatic N) is 1. The Kier molecular flexibility index (Phi) is 3.09. The first-order valence-corrected chi connectivity index (χ1v) is 5.05. The predicted octanol–water partition coefficient (Wildman–Crippen LogP) is 0.770. The number of carbonyl (C=O) groups excluding carboxylic acids is 1. The second-order valence-corrected chi connectivity index (χ2v) is 5.17. The van der Waals surface area contributed by atoms with E-state index in [1.54, 1.807) is 13.8 Å². The molecule has 1 aliphatic rings. The van der Waals surface area contributed by atoms with Crippen LogP contribution >= 0.6 is 12.6 Å². The summed E-state index contributed by atoms with van der Waals surface area (Å²) in [5, 5.41) is 8.88. The highest BCUT2D eigenvalue weighted by molar-refractivity contribution is 7.82. The van der Waals surface area contributed by atoms with E-state index < -0.39 is 16.8 Å². The van der Waals surface area contributed by atoms with Crippen LogP contribution in [0, 0.1) is 0 Å². The van der Waals surface area contributed by atoms with Crippen molar-refractivity contribution in [1.29, 1.82) is 0 Å².